The van der Waals surface area contributed by atoms with Gasteiger partial charge in [0, 0.05) is 17.0 Å². The van der Waals surface area contributed by atoms with E-state index in [1.165, 1.54) is 30.3 Å². The number of halogens is 4. The zero-order valence-electron chi connectivity index (χ0n) is 9.71. The van der Waals surface area contributed by atoms with E-state index in [1.54, 1.807) is 6.07 Å². The van der Waals surface area contributed by atoms with Gasteiger partial charge in [-0.25, -0.2) is 8.78 Å². The van der Waals surface area contributed by atoms with Crippen LogP contribution in [0, 0.1) is 11.6 Å². The third-order valence-corrected chi connectivity index (χ3v) is 3.75. The van der Waals surface area contributed by atoms with E-state index in [9.17, 15) is 13.9 Å². The van der Waals surface area contributed by atoms with Gasteiger partial charge in [0.25, 0.3) is 0 Å². The summed E-state index contributed by atoms with van der Waals surface area (Å²) < 4.78 is 27.0. The van der Waals surface area contributed by atoms with Gasteiger partial charge in [0.05, 0.1) is 10.6 Å². The second-order valence-corrected chi connectivity index (χ2v) is 5.36. The average molecular weight is 348 g/mol. The van der Waals surface area contributed by atoms with Crippen molar-refractivity contribution < 1.29 is 13.9 Å². The van der Waals surface area contributed by atoms with Crippen LogP contribution in [0.3, 0.4) is 0 Å². The molecule has 0 aromatic heterocycles. The highest BCUT2D eigenvalue weighted by Crippen LogP contribution is 2.27. The van der Waals surface area contributed by atoms with Crippen molar-refractivity contribution in [1.29, 1.82) is 0 Å². The van der Waals surface area contributed by atoms with E-state index < -0.39 is 17.7 Å². The largest absolute Gasteiger partial charge is 0.388 e. The van der Waals surface area contributed by atoms with Crippen LogP contribution in [0.15, 0.2) is 40.9 Å². The SMILES string of the molecule is OC(Cc1c(F)cccc1Cl)c1ccc(F)c(Br)c1. The van der Waals surface area contributed by atoms with Crippen LogP contribution in [0.25, 0.3) is 0 Å². The topological polar surface area (TPSA) is 20.2 Å². The van der Waals surface area contributed by atoms with Gasteiger partial charge in [0.1, 0.15) is 11.6 Å². The minimum atomic E-state index is -0.953. The first-order valence-corrected chi connectivity index (χ1v) is 6.72. The third-order valence-electron chi connectivity index (χ3n) is 2.79. The molecule has 0 aliphatic carbocycles. The summed E-state index contributed by atoms with van der Waals surface area (Å²) in [5, 5.41) is 10.3. The zero-order chi connectivity index (χ0) is 14.0. The molecule has 0 spiro atoms. The van der Waals surface area contributed by atoms with Crippen molar-refractivity contribution in [2.75, 3.05) is 0 Å². The van der Waals surface area contributed by atoms with Gasteiger partial charge >= 0.3 is 0 Å². The average Bonchev–Trinajstić information content (AvgIpc) is 2.37. The number of hydrogen-bond donors (Lipinski definition) is 1. The fourth-order valence-corrected chi connectivity index (χ4v) is 2.39. The van der Waals surface area contributed by atoms with Crippen LogP contribution in [-0.2, 0) is 6.42 Å². The summed E-state index contributed by atoms with van der Waals surface area (Å²) >= 11 is 8.94. The fraction of sp³-hybridized carbons (Fsp3) is 0.143. The van der Waals surface area contributed by atoms with Gasteiger partial charge < -0.3 is 5.11 Å². The van der Waals surface area contributed by atoms with Crippen molar-refractivity contribution in [3.05, 3.63) is 68.7 Å². The Bertz CT molecular complexity index is 584. The molecule has 5 heteroatoms. The molecule has 1 N–H and O–H groups in total. The maximum absolute atomic E-state index is 13.6. The molecule has 0 heterocycles. The molecule has 2 aromatic rings. The van der Waals surface area contributed by atoms with E-state index in [-0.39, 0.29) is 21.5 Å². The molecule has 0 saturated heterocycles. The van der Waals surface area contributed by atoms with Gasteiger partial charge in [-0.1, -0.05) is 23.7 Å². The van der Waals surface area contributed by atoms with Crippen LogP contribution in [0.1, 0.15) is 17.2 Å². The molecular formula is C14H10BrClF2O. The molecule has 2 aromatic carbocycles. The maximum atomic E-state index is 13.6. The fourth-order valence-electron chi connectivity index (χ4n) is 1.76. The number of aliphatic hydroxyl groups is 1. The van der Waals surface area contributed by atoms with E-state index in [4.69, 9.17) is 11.6 Å². The lowest BCUT2D eigenvalue weighted by Gasteiger charge is -2.13. The first-order valence-electron chi connectivity index (χ1n) is 5.55. The molecule has 0 amide bonds. The molecule has 1 unspecified atom stereocenters. The van der Waals surface area contributed by atoms with E-state index in [0.29, 0.717) is 5.56 Å². The number of aliphatic hydroxyl groups excluding tert-OH is 1. The van der Waals surface area contributed by atoms with Gasteiger partial charge in [-0.3, -0.25) is 0 Å². The highest BCUT2D eigenvalue weighted by Gasteiger charge is 2.15. The molecule has 0 aliphatic rings. The maximum Gasteiger partial charge on any atom is 0.137 e. The number of benzene rings is 2. The highest BCUT2D eigenvalue weighted by atomic mass is 79.9. The Balaban J connectivity index is 2.25. The Morgan fingerprint density at radius 3 is 2.53 bits per heavy atom. The summed E-state index contributed by atoms with van der Waals surface area (Å²) in [6, 6.07) is 8.52. The van der Waals surface area contributed by atoms with Crippen LogP contribution in [-0.4, -0.2) is 5.11 Å². The molecule has 2 rings (SSSR count). The molecule has 0 bridgehead atoms. The van der Waals surface area contributed by atoms with Gasteiger partial charge in [-0.2, -0.15) is 0 Å². The minimum Gasteiger partial charge on any atom is -0.388 e. The Morgan fingerprint density at radius 2 is 1.89 bits per heavy atom. The second kappa shape index (κ2) is 5.99. The predicted molar refractivity (Wildman–Crippen MR) is 74.2 cm³/mol. The Morgan fingerprint density at radius 1 is 1.16 bits per heavy atom. The lowest BCUT2D eigenvalue weighted by atomic mass is 10.0. The molecule has 1 atom stereocenters. The number of hydrogen-bond acceptors (Lipinski definition) is 1. The van der Waals surface area contributed by atoms with Crippen molar-refractivity contribution >= 4 is 27.5 Å². The lowest BCUT2D eigenvalue weighted by molar-refractivity contribution is 0.177. The van der Waals surface area contributed by atoms with Gasteiger partial charge in [-0.15, -0.1) is 0 Å². The van der Waals surface area contributed by atoms with Crippen LogP contribution < -0.4 is 0 Å². The Kier molecular flexibility index (Phi) is 4.55. The molecule has 0 aliphatic heterocycles. The third kappa shape index (κ3) is 3.32. The summed E-state index contributed by atoms with van der Waals surface area (Å²) in [4.78, 5) is 0. The summed E-state index contributed by atoms with van der Waals surface area (Å²) in [6.07, 6.45) is -0.921. The standard InChI is InChI=1S/C14H10BrClF2O/c15-10-6-8(4-5-13(10)18)14(19)7-9-11(16)2-1-3-12(9)17/h1-6,14,19H,7H2. The molecule has 100 valence electrons. The first kappa shape index (κ1) is 14.4. The van der Waals surface area contributed by atoms with E-state index in [1.807, 2.05) is 0 Å². The molecular weight excluding hydrogens is 338 g/mol. The van der Waals surface area contributed by atoms with Crippen LogP contribution in [0.4, 0.5) is 8.78 Å². The summed E-state index contributed by atoms with van der Waals surface area (Å²) in [6.45, 7) is 0. The quantitative estimate of drug-likeness (QED) is 0.856. The molecule has 0 fully saturated rings. The lowest BCUT2D eigenvalue weighted by Crippen LogP contribution is -2.04. The summed E-state index contributed by atoms with van der Waals surface area (Å²) in [5.41, 5.74) is 0.740. The molecule has 19 heavy (non-hydrogen) atoms. The zero-order valence-corrected chi connectivity index (χ0v) is 12.0. The van der Waals surface area contributed by atoms with Gasteiger partial charge in [0.2, 0.25) is 0 Å². The number of rotatable bonds is 3. The Labute approximate surface area is 123 Å². The molecule has 0 saturated carbocycles. The summed E-state index contributed by atoms with van der Waals surface area (Å²) in [7, 11) is 0. The normalized spacial score (nSPS) is 12.5. The second-order valence-electron chi connectivity index (χ2n) is 4.09. The van der Waals surface area contributed by atoms with Gasteiger partial charge in [-0.05, 0) is 45.8 Å². The molecule has 0 radical (unpaired) electrons. The van der Waals surface area contributed by atoms with Crippen LogP contribution in [0.2, 0.25) is 5.02 Å². The predicted octanol–water partition coefficient (Wildman–Crippen LogP) is 4.66. The first-order chi connectivity index (χ1) is 8.99. The van der Waals surface area contributed by atoms with Crippen molar-refractivity contribution in [1.82, 2.24) is 0 Å². The van der Waals surface area contributed by atoms with Crippen molar-refractivity contribution in [2.24, 2.45) is 0 Å². The summed E-state index contributed by atoms with van der Waals surface area (Å²) in [5.74, 6) is -0.882. The molecule has 1 nitrogen and oxygen atoms in total. The highest BCUT2D eigenvalue weighted by molar-refractivity contribution is 9.10. The van der Waals surface area contributed by atoms with E-state index >= 15 is 0 Å². The van der Waals surface area contributed by atoms with Crippen molar-refractivity contribution in [2.45, 2.75) is 12.5 Å². The van der Waals surface area contributed by atoms with E-state index in [2.05, 4.69) is 15.9 Å². The van der Waals surface area contributed by atoms with Gasteiger partial charge in [0.15, 0.2) is 0 Å². The monoisotopic (exact) mass is 346 g/mol. The minimum absolute atomic E-state index is 0.0313. The van der Waals surface area contributed by atoms with E-state index in [0.717, 1.165) is 0 Å². The van der Waals surface area contributed by atoms with Crippen LogP contribution in [0.5, 0.6) is 0 Å². The van der Waals surface area contributed by atoms with Crippen molar-refractivity contribution in [3.63, 3.8) is 0 Å². The van der Waals surface area contributed by atoms with Crippen LogP contribution >= 0.6 is 27.5 Å². The van der Waals surface area contributed by atoms with Crippen molar-refractivity contribution in [3.8, 4) is 0 Å². The Hall–Kier alpha value is -0.970. The smallest absolute Gasteiger partial charge is 0.137 e.